The van der Waals surface area contributed by atoms with Crippen molar-refractivity contribution in [3.8, 4) is 5.75 Å². The van der Waals surface area contributed by atoms with Gasteiger partial charge in [-0.15, -0.1) is 0 Å². The first-order valence-corrected chi connectivity index (χ1v) is 9.03. The molecule has 1 aromatic heterocycles. The lowest BCUT2D eigenvalue weighted by atomic mass is 10.2. The molecule has 6 nitrogen and oxygen atoms in total. The number of amides is 1. The lowest BCUT2D eigenvalue weighted by Gasteiger charge is -2.07. The number of aromatic nitrogens is 2. The van der Waals surface area contributed by atoms with E-state index in [1.165, 1.54) is 18.0 Å². The lowest BCUT2D eigenvalue weighted by Crippen LogP contribution is -2.20. The largest absolute Gasteiger partial charge is 0.493 e. The first kappa shape index (κ1) is 19.2. The summed E-state index contributed by atoms with van der Waals surface area (Å²) in [6.07, 6.45) is 1.51. The van der Waals surface area contributed by atoms with Crippen LogP contribution >= 0.6 is 23.4 Å². The summed E-state index contributed by atoms with van der Waals surface area (Å²) in [6, 6.07) is 7.11. The Labute approximate surface area is 156 Å². The fourth-order valence-corrected chi connectivity index (χ4v) is 2.92. The second kappa shape index (κ2) is 9.39. The Morgan fingerprint density at radius 1 is 1.32 bits per heavy atom. The van der Waals surface area contributed by atoms with Crippen LogP contribution in [-0.4, -0.2) is 34.4 Å². The molecule has 2 rings (SSSR count). The summed E-state index contributed by atoms with van der Waals surface area (Å²) in [5, 5.41) is 5.10. The fraction of sp³-hybridized carbons (Fsp3) is 0.294. The van der Waals surface area contributed by atoms with Gasteiger partial charge in [-0.3, -0.25) is 4.79 Å². The highest BCUT2D eigenvalue weighted by molar-refractivity contribution is 7.99. The summed E-state index contributed by atoms with van der Waals surface area (Å²) >= 11 is 7.24. The van der Waals surface area contributed by atoms with Gasteiger partial charge in [-0.1, -0.05) is 23.4 Å². The Morgan fingerprint density at radius 3 is 2.72 bits per heavy atom. The molecular formula is C17H19ClN4O2S. The van der Waals surface area contributed by atoms with Gasteiger partial charge >= 0.3 is 0 Å². The quantitative estimate of drug-likeness (QED) is 0.346. The fourth-order valence-electron chi connectivity index (χ4n) is 2.00. The van der Waals surface area contributed by atoms with Crippen molar-refractivity contribution >= 4 is 35.5 Å². The molecule has 25 heavy (non-hydrogen) atoms. The number of nitrogens with one attached hydrogen (secondary N) is 1. The number of benzene rings is 1. The Hall–Kier alpha value is -2.12. The van der Waals surface area contributed by atoms with E-state index in [1.54, 1.807) is 18.2 Å². The average Bonchev–Trinajstić information content (AvgIpc) is 2.54. The minimum atomic E-state index is -0.246. The van der Waals surface area contributed by atoms with Crippen molar-refractivity contribution < 1.29 is 9.53 Å². The summed E-state index contributed by atoms with van der Waals surface area (Å²) in [7, 11) is 0. The molecule has 0 saturated heterocycles. The summed E-state index contributed by atoms with van der Waals surface area (Å²) < 4.78 is 5.49. The predicted molar refractivity (Wildman–Crippen MR) is 101 cm³/mol. The zero-order valence-electron chi connectivity index (χ0n) is 14.2. The van der Waals surface area contributed by atoms with Crippen molar-refractivity contribution in [2.75, 3.05) is 12.4 Å². The number of halogens is 1. The first-order chi connectivity index (χ1) is 12.0. The van der Waals surface area contributed by atoms with Crippen LogP contribution < -0.4 is 10.2 Å². The molecule has 0 bridgehead atoms. The molecule has 8 heteroatoms. The molecule has 0 radical (unpaired) electrons. The van der Waals surface area contributed by atoms with Crippen molar-refractivity contribution in [1.82, 2.24) is 15.4 Å². The molecule has 2 aromatic rings. The maximum absolute atomic E-state index is 11.9. The number of nitrogens with zero attached hydrogens (tertiary/aromatic N) is 3. The van der Waals surface area contributed by atoms with Crippen molar-refractivity contribution in [3.63, 3.8) is 0 Å². The Balaban J connectivity index is 1.91. The Bertz CT molecular complexity index is 763. The van der Waals surface area contributed by atoms with Crippen LogP contribution in [0.1, 0.15) is 23.9 Å². The molecule has 0 fully saturated rings. The summed E-state index contributed by atoms with van der Waals surface area (Å²) in [5.74, 6) is 0.584. The van der Waals surface area contributed by atoms with E-state index in [1.807, 2.05) is 26.8 Å². The smallest absolute Gasteiger partial charge is 0.250 e. The molecular weight excluding hydrogens is 360 g/mol. The molecule has 0 aliphatic rings. The van der Waals surface area contributed by atoms with Crippen LogP contribution in [-0.2, 0) is 4.79 Å². The van der Waals surface area contributed by atoms with E-state index in [-0.39, 0.29) is 11.7 Å². The standard InChI is InChI=1S/C17H19ClN4O2S/c1-4-24-15-6-5-14(18)8-13(15)9-19-22-16(23)10-25-17-20-11(2)7-12(3)21-17/h5-9H,4,10H2,1-3H3,(H,22,23)/b19-9-. The molecule has 132 valence electrons. The molecule has 1 amide bonds. The number of hydrogen-bond acceptors (Lipinski definition) is 6. The lowest BCUT2D eigenvalue weighted by molar-refractivity contribution is -0.118. The van der Waals surface area contributed by atoms with Crippen LogP contribution in [0.5, 0.6) is 5.75 Å². The zero-order valence-corrected chi connectivity index (χ0v) is 15.8. The zero-order chi connectivity index (χ0) is 18.2. The van der Waals surface area contributed by atoms with Gasteiger partial charge in [0.1, 0.15) is 5.75 Å². The third-order valence-electron chi connectivity index (χ3n) is 2.96. The van der Waals surface area contributed by atoms with Crippen molar-refractivity contribution in [2.24, 2.45) is 5.10 Å². The van der Waals surface area contributed by atoms with E-state index in [9.17, 15) is 4.79 Å². The second-order valence-corrected chi connectivity index (χ2v) is 6.51. The SMILES string of the molecule is CCOc1ccc(Cl)cc1/C=N\NC(=O)CSc1nc(C)cc(C)n1. The van der Waals surface area contributed by atoms with Crippen molar-refractivity contribution in [3.05, 3.63) is 46.2 Å². The number of carbonyl (C=O) groups is 1. The van der Waals surface area contributed by atoms with E-state index >= 15 is 0 Å². The van der Waals surface area contributed by atoms with E-state index in [2.05, 4.69) is 20.5 Å². The average molecular weight is 379 g/mol. The van der Waals surface area contributed by atoms with Crippen molar-refractivity contribution in [1.29, 1.82) is 0 Å². The second-order valence-electron chi connectivity index (χ2n) is 5.13. The van der Waals surface area contributed by atoms with E-state index < -0.39 is 0 Å². The third kappa shape index (κ3) is 6.36. The number of carbonyl (C=O) groups excluding carboxylic acids is 1. The van der Waals surface area contributed by atoms with Crippen LogP contribution in [0.15, 0.2) is 34.5 Å². The molecule has 1 heterocycles. The van der Waals surface area contributed by atoms with E-state index in [4.69, 9.17) is 16.3 Å². The topological polar surface area (TPSA) is 76.5 Å². The number of thioether (sulfide) groups is 1. The van der Waals surface area contributed by atoms with Gasteiger partial charge in [0.15, 0.2) is 5.16 Å². The summed E-state index contributed by atoms with van der Waals surface area (Å²) in [5.41, 5.74) is 4.92. The van der Waals surface area contributed by atoms with Crippen LogP contribution in [0.25, 0.3) is 0 Å². The first-order valence-electron chi connectivity index (χ1n) is 7.67. The molecule has 0 aliphatic heterocycles. The number of aryl methyl sites for hydroxylation is 2. The maximum Gasteiger partial charge on any atom is 0.250 e. The molecule has 0 saturated carbocycles. The molecule has 1 aromatic carbocycles. The minimum absolute atomic E-state index is 0.175. The summed E-state index contributed by atoms with van der Waals surface area (Å²) in [6.45, 7) is 6.21. The molecule has 0 unspecified atom stereocenters. The van der Waals surface area contributed by atoms with Crippen molar-refractivity contribution in [2.45, 2.75) is 25.9 Å². The van der Waals surface area contributed by atoms with Crippen LogP contribution in [0.4, 0.5) is 0 Å². The monoisotopic (exact) mass is 378 g/mol. The van der Waals surface area contributed by atoms with Gasteiger partial charge in [0, 0.05) is 22.0 Å². The van der Waals surface area contributed by atoms with Gasteiger partial charge in [-0.05, 0) is 45.0 Å². The molecule has 0 spiro atoms. The van der Waals surface area contributed by atoms with E-state index in [0.717, 1.165) is 11.4 Å². The highest BCUT2D eigenvalue weighted by Crippen LogP contribution is 2.21. The molecule has 0 aliphatic carbocycles. The Morgan fingerprint density at radius 2 is 2.04 bits per heavy atom. The maximum atomic E-state index is 11.9. The third-order valence-corrected chi connectivity index (χ3v) is 4.04. The minimum Gasteiger partial charge on any atom is -0.493 e. The molecule has 0 atom stereocenters. The molecule has 1 N–H and O–H groups in total. The highest BCUT2D eigenvalue weighted by atomic mass is 35.5. The Kier molecular flexibility index (Phi) is 7.21. The number of hydrogen-bond donors (Lipinski definition) is 1. The number of rotatable bonds is 7. The van der Waals surface area contributed by atoms with Gasteiger partial charge in [-0.2, -0.15) is 5.10 Å². The van der Waals surface area contributed by atoms with Gasteiger partial charge in [0.25, 0.3) is 5.91 Å². The normalized spacial score (nSPS) is 10.9. The number of hydrazone groups is 1. The van der Waals surface area contributed by atoms with E-state index in [0.29, 0.717) is 28.1 Å². The summed E-state index contributed by atoms with van der Waals surface area (Å²) in [4.78, 5) is 20.5. The van der Waals surface area contributed by atoms with Crippen LogP contribution in [0, 0.1) is 13.8 Å². The highest BCUT2D eigenvalue weighted by Gasteiger charge is 2.06. The predicted octanol–water partition coefficient (Wildman–Crippen LogP) is 3.39. The van der Waals surface area contributed by atoms with Crippen LogP contribution in [0.3, 0.4) is 0 Å². The van der Waals surface area contributed by atoms with Crippen LogP contribution in [0.2, 0.25) is 5.02 Å². The van der Waals surface area contributed by atoms with Gasteiger partial charge < -0.3 is 4.74 Å². The van der Waals surface area contributed by atoms with Gasteiger partial charge in [-0.25, -0.2) is 15.4 Å². The van der Waals surface area contributed by atoms with Gasteiger partial charge in [0.05, 0.1) is 18.6 Å². The number of ether oxygens (including phenoxy) is 1. The van der Waals surface area contributed by atoms with Gasteiger partial charge in [0.2, 0.25) is 0 Å².